The quantitative estimate of drug-likeness (QED) is 0.775. The van der Waals surface area contributed by atoms with E-state index < -0.39 is 5.97 Å². The van der Waals surface area contributed by atoms with E-state index in [0.29, 0.717) is 30.5 Å². The van der Waals surface area contributed by atoms with Crippen molar-refractivity contribution in [1.29, 1.82) is 0 Å². The molecule has 112 valence electrons. The van der Waals surface area contributed by atoms with Gasteiger partial charge in [-0.15, -0.1) is 0 Å². The average molecular weight is 281 g/mol. The fraction of sp³-hybridized carbons (Fsp3) is 0.733. The molecule has 0 spiro atoms. The van der Waals surface area contributed by atoms with Crippen LogP contribution in [0.4, 0.5) is 0 Å². The van der Waals surface area contributed by atoms with Gasteiger partial charge >= 0.3 is 5.97 Å². The summed E-state index contributed by atoms with van der Waals surface area (Å²) < 4.78 is 16.4. The predicted octanol–water partition coefficient (Wildman–Crippen LogP) is 3.29. The molecule has 1 aromatic rings. The monoisotopic (exact) mass is 281 g/mol. The summed E-state index contributed by atoms with van der Waals surface area (Å²) in [5.41, 5.74) is 0.683. The summed E-state index contributed by atoms with van der Waals surface area (Å²) in [6, 6.07) is 0. The lowest BCUT2D eigenvalue weighted by atomic mass is 10.1. The second-order valence-electron chi connectivity index (χ2n) is 5.50. The molecule has 1 aliphatic rings. The van der Waals surface area contributed by atoms with Crippen LogP contribution in [0.15, 0.2) is 4.42 Å². The van der Waals surface area contributed by atoms with Gasteiger partial charge in [0, 0.05) is 6.61 Å². The Kier molecular flexibility index (Phi) is 5.17. The van der Waals surface area contributed by atoms with Crippen LogP contribution in [0.3, 0.4) is 0 Å². The minimum absolute atomic E-state index is 0.127. The molecule has 1 saturated heterocycles. The van der Waals surface area contributed by atoms with Crippen molar-refractivity contribution in [2.75, 3.05) is 13.2 Å². The van der Waals surface area contributed by atoms with Crippen LogP contribution >= 0.6 is 0 Å². The highest BCUT2D eigenvalue weighted by atomic mass is 16.5. The number of rotatable bonds is 5. The zero-order chi connectivity index (χ0) is 14.5. The van der Waals surface area contributed by atoms with Gasteiger partial charge in [-0.3, -0.25) is 0 Å². The van der Waals surface area contributed by atoms with Crippen molar-refractivity contribution in [3.63, 3.8) is 0 Å². The Balaban J connectivity index is 2.23. The molecule has 5 nitrogen and oxygen atoms in total. The first-order valence-electron chi connectivity index (χ1n) is 7.40. The Hall–Kier alpha value is -1.36. The zero-order valence-corrected chi connectivity index (χ0v) is 12.5. The molecule has 20 heavy (non-hydrogen) atoms. The molecule has 5 heteroatoms. The van der Waals surface area contributed by atoms with Crippen molar-refractivity contribution in [3.8, 4) is 0 Å². The summed E-state index contributed by atoms with van der Waals surface area (Å²) in [6.07, 6.45) is 3.63. The van der Waals surface area contributed by atoms with Gasteiger partial charge in [0.05, 0.1) is 12.3 Å². The van der Waals surface area contributed by atoms with Gasteiger partial charge in [0.15, 0.2) is 0 Å². The number of oxazole rings is 1. The van der Waals surface area contributed by atoms with E-state index >= 15 is 0 Å². The molecule has 0 aliphatic carbocycles. The van der Waals surface area contributed by atoms with Gasteiger partial charge in [-0.1, -0.05) is 13.8 Å². The number of esters is 1. The third kappa shape index (κ3) is 3.60. The summed E-state index contributed by atoms with van der Waals surface area (Å²) in [6.45, 7) is 7.00. The van der Waals surface area contributed by atoms with Gasteiger partial charge in [-0.25, -0.2) is 9.78 Å². The van der Waals surface area contributed by atoms with Crippen LogP contribution in [0.1, 0.15) is 68.3 Å². The van der Waals surface area contributed by atoms with Crippen molar-refractivity contribution in [1.82, 2.24) is 4.98 Å². The summed E-state index contributed by atoms with van der Waals surface area (Å²) in [5.74, 6) is 0.722. The van der Waals surface area contributed by atoms with E-state index in [2.05, 4.69) is 18.8 Å². The molecule has 0 bridgehead atoms. The highest BCUT2D eigenvalue weighted by Gasteiger charge is 2.27. The number of carbonyl (C=O) groups is 1. The van der Waals surface area contributed by atoms with Crippen LogP contribution < -0.4 is 0 Å². The fourth-order valence-electron chi connectivity index (χ4n) is 2.32. The first-order chi connectivity index (χ1) is 9.61. The number of hydrogen-bond acceptors (Lipinski definition) is 5. The molecule has 0 saturated carbocycles. The van der Waals surface area contributed by atoms with Crippen LogP contribution in [0, 0.1) is 5.92 Å². The smallest absolute Gasteiger partial charge is 0.376 e. The van der Waals surface area contributed by atoms with E-state index in [1.807, 2.05) is 0 Å². The largest absolute Gasteiger partial charge is 0.460 e. The minimum atomic E-state index is -0.433. The van der Waals surface area contributed by atoms with Gasteiger partial charge in [-0.2, -0.15) is 0 Å². The predicted molar refractivity (Wildman–Crippen MR) is 73.5 cm³/mol. The first-order valence-corrected chi connectivity index (χ1v) is 7.40. The van der Waals surface area contributed by atoms with Gasteiger partial charge in [-0.05, 0) is 38.5 Å². The summed E-state index contributed by atoms with van der Waals surface area (Å²) >= 11 is 0. The van der Waals surface area contributed by atoms with Gasteiger partial charge in [0.25, 0.3) is 0 Å². The molecular weight excluding hydrogens is 258 g/mol. The van der Waals surface area contributed by atoms with Gasteiger partial charge in [0.1, 0.15) is 6.10 Å². The lowest BCUT2D eigenvalue weighted by Crippen LogP contribution is -2.11. The molecule has 2 rings (SSSR count). The van der Waals surface area contributed by atoms with Crippen molar-refractivity contribution >= 4 is 5.97 Å². The standard InChI is InChI=1S/C15H23NO4/c1-4-18-15(17)13-11(9-10(2)3)16-14(20-13)12-7-5-6-8-19-12/h10,12H,4-9H2,1-3H3. The second-order valence-corrected chi connectivity index (χ2v) is 5.50. The molecule has 1 fully saturated rings. The maximum Gasteiger partial charge on any atom is 0.376 e. The van der Waals surface area contributed by atoms with Crippen LogP contribution in [0.25, 0.3) is 0 Å². The molecule has 1 aliphatic heterocycles. The fourth-order valence-corrected chi connectivity index (χ4v) is 2.32. The Morgan fingerprint density at radius 1 is 1.45 bits per heavy atom. The van der Waals surface area contributed by atoms with Crippen LogP contribution in [-0.4, -0.2) is 24.2 Å². The highest BCUT2D eigenvalue weighted by Crippen LogP contribution is 2.29. The van der Waals surface area contributed by atoms with Crippen molar-refractivity contribution in [2.24, 2.45) is 5.92 Å². The van der Waals surface area contributed by atoms with Crippen molar-refractivity contribution < 1.29 is 18.7 Å². The van der Waals surface area contributed by atoms with E-state index in [-0.39, 0.29) is 11.9 Å². The SMILES string of the molecule is CCOC(=O)c1oc(C2CCCCO2)nc1CC(C)C. The molecule has 0 aromatic carbocycles. The number of aromatic nitrogens is 1. The summed E-state index contributed by atoms with van der Waals surface area (Å²) in [4.78, 5) is 16.4. The Morgan fingerprint density at radius 2 is 2.25 bits per heavy atom. The molecular formula is C15H23NO4. The van der Waals surface area contributed by atoms with Gasteiger partial charge < -0.3 is 13.9 Å². The first kappa shape index (κ1) is 15.0. The lowest BCUT2D eigenvalue weighted by Gasteiger charge is -2.19. The van der Waals surface area contributed by atoms with E-state index in [4.69, 9.17) is 13.9 Å². The van der Waals surface area contributed by atoms with Crippen molar-refractivity contribution in [3.05, 3.63) is 17.3 Å². The summed E-state index contributed by atoms with van der Waals surface area (Å²) in [5, 5.41) is 0. The third-order valence-electron chi connectivity index (χ3n) is 3.23. The third-order valence-corrected chi connectivity index (χ3v) is 3.23. The van der Waals surface area contributed by atoms with E-state index in [0.717, 1.165) is 25.9 Å². The number of carbonyl (C=O) groups excluding carboxylic acids is 1. The summed E-state index contributed by atoms with van der Waals surface area (Å²) in [7, 11) is 0. The van der Waals surface area contributed by atoms with E-state index in [9.17, 15) is 4.79 Å². The number of nitrogens with zero attached hydrogens (tertiary/aromatic N) is 1. The maximum atomic E-state index is 11.9. The Labute approximate surface area is 119 Å². The van der Waals surface area contributed by atoms with Crippen LogP contribution in [0.2, 0.25) is 0 Å². The molecule has 1 aromatic heterocycles. The molecule has 1 unspecified atom stereocenters. The lowest BCUT2D eigenvalue weighted by molar-refractivity contribution is -0.00262. The number of ether oxygens (including phenoxy) is 2. The molecule has 2 heterocycles. The minimum Gasteiger partial charge on any atom is -0.460 e. The number of hydrogen-bond donors (Lipinski definition) is 0. The van der Waals surface area contributed by atoms with Crippen LogP contribution in [0.5, 0.6) is 0 Å². The average Bonchev–Trinajstić information content (AvgIpc) is 2.83. The molecule has 1 atom stereocenters. The topological polar surface area (TPSA) is 61.6 Å². The maximum absolute atomic E-state index is 11.9. The molecule has 0 radical (unpaired) electrons. The van der Waals surface area contributed by atoms with E-state index in [1.165, 1.54) is 0 Å². The van der Waals surface area contributed by atoms with Crippen LogP contribution in [-0.2, 0) is 15.9 Å². The Morgan fingerprint density at radius 3 is 2.85 bits per heavy atom. The van der Waals surface area contributed by atoms with Crippen molar-refractivity contribution in [2.45, 2.75) is 52.6 Å². The van der Waals surface area contributed by atoms with Gasteiger partial charge in [0.2, 0.25) is 11.7 Å². The second kappa shape index (κ2) is 6.88. The molecule has 0 amide bonds. The normalized spacial score (nSPS) is 19.3. The highest BCUT2D eigenvalue weighted by molar-refractivity contribution is 5.87. The molecule has 0 N–H and O–H groups in total. The van der Waals surface area contributed by atoms with E-state index in [1.54, 1.807) is 6.92 Å². The zero-order valence-electron chi connectivity index (χ0n) is 12.5. The Bertz CT molecular complexity index is 447.